The van der Waals surface area contributed by atoms with Gasteiger partial charge in [-0.2, -0.15) is 0 Å². The number of hydrogen-bond acceptors (Lipinski definition) is 1. The first-order chi connectivity index (χ1) is 10.5. The summed E-state index contributed by atoms with van der Waals surface area (Å²) in [4.78, 5) is 0. The summed E-state index contributed by atoms with van der Waals surface area (Å²) in [6.45, 7) is 9.13. The topological polar surface area (TPSA) is 17.1 Å². The third-order valence-corrected chi connectivity index (χ3v) is 7.20. The Labute approximate surface area is 137 Å². The lowest BCUT2D eigenvalue weighted by atomic mass is 9.82. The molecule has 1 saturated heterocycles. The van der Waals surface area contributed by atoms with Gasteiger partial charge in [0.05, 0.1) is 5.25 Å². The van der Waals surface area contributed by atoms with Crippen LogP contribution in [-0.4, -0.2) is 14.7 Å². The molecule has 120 valence electrons. The minimum absolute atomic E-state index is 0.294. The molecule has 0 amide bonds. The van der Waals surface area contributed by atoms with Crippen molar-refractivity contribution in [1.82, 2.24) is 0 Å². The van der Waals surface area contributed by atoms with Gasteiger partial charge in [0.15, 0.2) is 0 Å². The predicted molar refractivity (Wildman–Crippen MR) is 96.8 cm³/mol. The normalized spacial score (nSPS) is 28.1. The van der Waals surface area contributed by atoms with E-state index in [1.807, 2.05) is 0 Å². The molecule has 2 heteroatoms. The van der Waals surface area contributed by atoms with Crippen molar-refractivity contribution in [2.24, 2.45) is 0 Å². The van der Waals surface area contributed by atoms with E-state index >= 15 is 0 Å². The van der Waals surface area contributed by atoms with Crippen LogP contribution in [0.15, 0.2) is 24.3 Å². The lowest BCUT2D eigenvalue weighted by Crippen LogP contribution is -2.34. The van der Waals surface area contributed by atoms with Crippen molar-refractivity contribution in [3.05, 3.63) is 41.0 Å². The third-order valence-electron chi connectivity index (χ3n) is 5.17. The standard InChI is InChI=1S/C20H28OS/c1-13(2)18-9-6-10-19(14(3)4)20(18)15-11-16-7-5-8-17(12-15)22(16)21/h6,9-11,13-14,16-17H,5,7-8,12H2,1-4H3. The highest BCUT2D eigenvalue weighted by Gasteiger charge is 2.34. The minimum Gasteiger partial charge on any atom is -0.259 e. The molecule has 2 aliphatic rings. The molecular formula is C20H28OS. The Kier molecular flexibility index (Phi) is 4.59. The van der Waals surface area contributed by atoms with Crippen LogP contribution in [0.4, 0.5) is 0 Å². The van der Waals surface area contributed by atoms with E-state index in [2.05, 4.69) is 52.0 Å². The van der Waals surface area contributed by atoms with Crippen molar-refractivity contribution in [2.45, 2.75) is 75.7 Å². The number of fused-ring (bicyclic) bond motifs is 2. The quantitative estimate of drug-likeness (QED) is 0.730. The zero-order valence-electron chi connectivity index (χ0n) is 14.3. The predicted octanol–water partition coefficient (Wildman–Crippen LogP) is 5.39. The largest absolute Gasteiger partial charge is 0.259 e. The maximum Gasteiger partial charge on any atom is 0.0536 e. The molecule has 0 radical (unpaired) electrons. The van der Waals surface area contributed by atoms with E-state index in [9.17, 15) is 4.21 Å². The van der Waals surface area contributed by atoms with E-state index in [4.69, 9.17) is 0 Å². The average molecular weight is 317 g/mol. The van der Waals surface area contributed by atoms with Gasteiger partial charge < -0.3 is 0 Å². The zero-order valence-corrected chi connectivity index (χ0v) is 15.1. The summed E-state index contributed by atoms with van der Waals surface area (Å²) < 4.78 is 12.5. The molecule has 0 N–H and O–H groups in total. The zero-order chi connectivity index (χ0) is 15.9. The molecule has 0 saturated carbocycles. The molecule has 1 aromatic carbocycles. The highest BCUT2D eigenvalue weighted by atomic mass is 32.2. The van der Waals surface area contributed by atoms with Crippen molar-refractivity contribution in [3.8, 4) is 0 Å². The van der Waals surface area contributed by atoms with Crippen molar-refractivity contribution in [3.63, 3.8) is 0 Å². The van der Waals surface area contributed by atoms with Crippen LogP contribution >= 0.6 is 0 Å². The van der Waals surface area contributed by atoms with Gasteiger partial charge in [0.2, 0.25) is 0 Å². The van der Waals surface area contributed by atoms with Crippen LogP contribution in [-0.2, 0) is 10.8 Å². The molecule has 1 aromatic rings. The second kappa shape index (κ2) is 6.31. The Morgan fingerprint density at radius 1 is 1.05 bits per heavy atom. The van der Waals surface area contributed by atoms with Crippen molar-refractivity contribution < 1.29 is 4.21 Å². The Morgan fingerprint density at radius 3 is 2.23 bits per heavy atom. The van der Waals surface area contributed by atoms with Crippen LogP contribution in [0, 0.1) is 0 Å². The van der Waals surface area contributed by atoms with Gasteiger partial charge in [0.1, 0.15) is 0 Å². The number of allylic oxidation sites excluding steroid dienone is 1. The van der Waals surface area contributed by atoms with E-state index in [1.54, 1.807) is 0 Å². The summed E-state index contributed by atoms with van der Waals surface area (Å²) in [6.07, 6.45) is 6.86. The smallest absolute Gasteiger partial charge is 0.0536 e. The Morgan fingerprint density at radius 2 is 1.68 bits per heavy atom. The summed E-state index contributed by atoms with van der Waals surface area (Å²) in [5, 5.41) is 0.682. The van der Waals surface area contributed by atoms with Crippen LogP contribution in [0.25, 0.3) is 5.57 Å². The molecule has 1 fully saturated rings. The first-order valence-corrected chi connectivity index (χ1v) is 10.00. The summed E-state index contributed by atoms with van der Waals surface area (Å²) >= 11 is 0. The highest BCUT2D eigenvalue weighted by Crippen LogP contribution is 2.41. The van der Waals surface area contributed by atoms with Gasteiger partial charge in [-0.3, -0.25) is 4.21 Å². The lowest BCUT2D eigenvalue weighted by molar-refractivity contribution is 0.579. The van der Waals surface area contributed by atoms with Crippen molar-refractivity contribution in [1.29, 1.82) is 0 Å². The number of rotatable bonds is 3. The van der Waals surface area contributed by atoms with E-state index in [0.29, 0.717) is 22.3 Å². The fourth-order valence-electron chi connectivity index (χ4n) is 4.01. The molecule has 3 atom stereocenters. The molecule has 2 bridgehead atoms. The summed E-state index contributed by atoms with van der Waals surface area (Å²) in [5.74, 6) is 1.06. The molecule has 3 unspecified atom stereocenters. The van der Waals surface area contributed by atoms with E-state index < -0.39 is 10.8 Å². The number of hydrogen-bond donors (Lipinski definition) is 0. The molecule has 22 heavy (non-hydrogen) atoms. The monoisotopic (exact) mass is 316 g/mol. The first-order valence-electron chi connectivity index (χ1n) is 8.72. The summed E-state index contributed by atoms with van der Waals surface area (Å²) in [5.41, 5.74) is 5.87. The van der Waals surface area contributed by atoms with Crippen LogP contribution in [0.5, 0.6) is 0 Å². The van der Waals surface area contributed by atoms with Gasteiger partial charge in [-0.15, -0.1) is 0 Å². The fourth-order valence-corrected chi connectivity index (χ4v) is 5.94. The maximum atomic E-state index is 12.5. The molecule has 3 rings (SSSR count). The lowest BCUT2D eigenvalue weighted by Gasteiger charge is -2.34. The molecule has 0 spiro atoms. The second-order valence-corrected chi connectivity index (χ2v) is 9.37. The Hall–Kier alpha value is -0.890. The Bertz CT molecular complexity index is 586. The van der Waals surface area contributed by atoms with Crippen LogP contribution in [0.1, 0.15) is 81.9 Å². The third kappa shape index (κ3) is 2.82. The van der Waals surface area contributed by atoms with Gasteiger partial charge in [-0.05, 0) is 53.4 Å². The van der Waals surface area contributed by atoms with E-state index in [-0.39, 0.29) is 0 Å². The van der Waals surface area contributed by atoms with Crippen LogP contribution in [0.3, 0.4) is 0 Å². The number of benzene rings is 1. The average Bonchev–Trinajstić information content (AvgIpc) is 2.46. The summed E-state index contributed by atoms with van der Waals surface area (Å²) in [7, 11) is -0.641. The molecular weight excluding hydrogens is 288 g/mol. The molecule has 2 heterocycles. The Balaban J connectivity index is 2.13. The van der Waals surface area contributed by atoms with Gasteiger partial charge in [0.25, 0.3) is 0 Å². The van der Waals surface area contributed by atoms with Gasteiger partial charge in [0, 0.05) is 16.0 Å². The van der Waals surface area contributed by atoms with Crippen molar-refractivity contribution >= 4 is 16.4 Å². The molecule has 2 aliphatic heterocycles. The molecule has 0 aromatic heterocycles. The maximum absolute atomic E-state index is 12.5. The first kappa shape index (κ1) is 16.0. The highest BCUT2D eigenvalue weighted by molar-refractivity contribution is 7.86. The van der Waals surface area contributed by atoms with Crippen LogP contribution in [0.2, 0.25) is 0 Å². The van der Waals surface area contributed by atoms with Gasteiger partial charge in [-0.25, -0.2) is 0 Å². The van der Waals surface area contributed by atoms with Gasteiger partial charge in [-0.1, -0.05) is 58.4 Å². The van der Waals surface area contributed by atoms with E-state index in [0.717, 1.165) is 19.3 Å². The van der Waals surface area contributed by atoms with Crippen LogP contribution < -0.4 is 0 Å². The van der Waals surface area contributed by atoms with E-state index in [1.165, 1.54) is 28.7 Å². The summed E-state index contributed by atoms with van der Waals surface area (Å²) in [6, 6.07) is 6.78. The molecule has 0 aliphatic carbocycles. The second-order valence-electron chi connectivity index (χ2n) is 7.44. The fraction of sp³-hybridized carbons (Fsp3) is 0.600. The van der Waals surface area contributed by atoms with Gasteiger partial charge >= 0.3 is 0 Å². The minimum atomic E-state index is -0.641. The SMILES string of the molecule is CC(C)c1cccc(C(C)C)c1C1=CC2CCCC(C1)S2=O. The van der Waals surface area contributed by atoms with Crippen molar-refractivity contribution in [2.75, 3.05) is 0 Å². The molecule has 1 nitrogen and oxygen atoms in total.